The number of thiophene rings is 1. The van der Waals surface area contributed by atoms with E-state index in [1.165, 1.54) is 22.2 Å². The minimum absolute atomic E-state index is 0.0739. The summed E-state index contributed by atoms with van der Waals surface area (Å²) in [6, 6.07) is 8.89. The lowest BCUT2D eigenvalue weighted by molar-refractivity contribution is -0.121. The van der Waals surface area contributed by atoms with Crippen molar-refractivity contribution in [1.29, 1.82) is 0 Å². The zero-order valence-corrected chi connectivity index (χ0v) is 19.8. The van der Waals surface area contributed by atoms with Crippen molar-refractivity contribution in [2.75, 3.05) is 25.5 Å². The molecular formula is C23H26N4O3S2. The number of aliphatic imine (C=N–C) groups is 1. The third-order valence-electron chi connectivity index (χ3n) is 5.59. The Bertz CT molecular complexity index is 1040. The van der Waals surface area contributed by atoms with Crippen molar-refractivity contribution in [2.24, 2.45) is 4.99 Å². The molecule has 9 heteroatoms. The van der Waals surface area contributed by atoms with E-state index < -0.39 is 5.25 Å². The second kappa shape index (κ2) is 9.87. The summed E-state index contributed by atoms with van der Waals surface area (Å²) >= 11 is 3.02. The Morgan fingerprint density at radius 1 is 1.19 bits per heavy atom. The maximum Gasteiger partial charge on any atom is 0.262 e. The summed E-state index contributed by atoms with van der Waals surface area (Å²) < 4.78 is 0. The van der Waals surface area contributed by atoms with Gasteiger partial charge in [-0.05, 0) is 61.0 Å². The van der Waals surface area contributed by atoms with E-state index in [4.69, 9.17) is 0 Å². The quantitative estimate of drug-likeness (QED) is 0.695. The average molecular weight is 471 g/mol. The largest absolute Gasteiger partial charge is 0.351 e. The lowest BCUT2D eigenvalue weighted by atomic mass is 10.1. The number of carbonyl (C=O) groups excluding carboxylic acids is 3. The smallest absolute Gasteiger partial charge is 0.262 e. The monoisotopic (exact) mass is 470 g/mol. The lowest BCUT2D eigenvalue weighted by Crippen LogP contribution is -2.26. The molecule has 0 spiro atoms. The number of amidine groups is 1. The summed E-state index contributed by atoms with van der Waals surface area (Å²) in [4.78, 5) is 46.5. The van der Waals surface area contributed by atoms with Crippen LogP contribution in [0.4, 0.5) is 5.69 Å². The van der Waals surface area contributed by atoms with Crippen LogP contribution in [0.2, 0.25) is 0 Å². The fourth-order valence-corrected chi connectivity index (χ4v) is 5.78. The molecule has 1 aromatic carbocycles. The van der Waals surface area contributed by atoms with E-state index in [1.54, 1.807) is 47.5 Å². The lowest BCUT2D eigenvalue weighted by Gasteiger charge is -2.17. The summed E-state index contributed by atoms with van der Waals surface area (Å²) in [5, 5.41) is 5.12. The molecular weight excluding hydrogens is 444 g/mol. The van der Waals surface area contributed by atoms with Gasteiger partial charge in [-0.25, -0.2) is 0 Å². The van der Waals surface area contributed by atoms with Crippen LogP contribution >= 0.6 is 23.1 Å². The highest BCUT2D eigenvalue weighted by molar-refractivity contribution is 8.15. The highest BCUT2D eigenvalue weighted by atomic mass is 32.2. The third-order valence-corrected chi connectivity index (χ3v) is 7.81. The molecule has 2 aromatic rings. The van der Waals surface area contributed by atoms with Crippen LogP contribution in [-0.2, 0) is 16.1 Å². The van der Waals surface area contributed by atoms with Gasteiger partial charge < -0.3 is 15.1 Å². The average Bonchev–Trinajstić information content (AvgIpc) is 3.51. The van der Waals surface area contributed by atoms with Crippen molar-refractivity contribution in [3.05, 3.63) is 51.7 Å². The van der Waals surface area contributed by atoms with Crippen LogP contribution in [0.5, 0.6) is 0 Å². The number of nitrogens with zero attached hydrogens (tertiary/aromatic N) is 3. The second-order valence-corrected chi connectivity index (χ2v) is 10.2. The summed E-state index contributed by atoms with van der Waals surface area (Å²) in [6.45, 7) is 4.45. The molecule has 2 aliphatic rings. The van der Waals surface area contributed by atoms with Gasteiger partial charge in [0.1, 0.15) is 5.25 Å². The molecule has 1 saturated heterocycles. The van der Waals surface area contributed by atoms with Gasteiger partial charge in [0.15, 0.2) is 5.17 Å². The summed E-state index contributed by atoms with van der Waals surface area (Å²) in [6.07, 6.45) is 2.30. The molecule has 0 aliphatic carbocycles. The number of thioether (sulfide) groups is 1. The van der Waals surface area contributed by atoms with Gasteiger partial charge >= 0.3 is 0 Å². The molecule has 0 saturated carbocycles. The van der Waals surface area contributed by atoms with Crippen LogP contribution in [0.1, 0.15) is 40.1 Å². The van der Waals surface area contributed by atoms with E-state index in [0.29, 0.717) is 17.8 Å². The molecule has 4 rings (SSSR count). The topological polar surface area (TPSA) is 82.1 Å². The van der Waals surface area contributed by atoms with Crippen molar-refractivity contribution in [1.82, 2.24) is 9.80 Å². The van der Waals surface area contributed by atoms with Gasteiger partial charge in [0, 0.05) is 42.7 Å². The number of carbonyl (C=O) groups is 3. The Balaban J connectivity index is 1.28. The van der Waals surface area contributed by atoms with Gasteiger partial charge in [-0.15, -0.1) is 11.3 Å². The van der Waals surface area contributed by atoms with Gasteiger partial charge in [-0.2, -0.15) is 4.99 Å². The number of anilines is 1. The number of hydrogen-bond acceptors (Lipinski definition) is 6. The number of rotatable bonds is 6. The minimum Gasteiger partial charge on any atom is -0.351 e. The van der Waals surface area contributed by atoms with E-state index in [-0.39, 0.29) is 24.1 Å². The highest BCUT2D eigenvalue weighted by Crippen LogP contribution is 2.29. The van der Waals surface area contributed by atoms with Crippen molar-refractivity contribution in [3.63, 3.8) is 0 Å². The fraction of sp³-hybridized carbons (Fsp3) is 0.391. The van der Waals surface area contributed by atoms with Crippen LogP contribution in [0.3, 0.4) is 0 Å². The first-order valence-electron chi connectivity index (χ1n) is 10.6. The number of likely N-dealkylation sites (tertiary alicyclic amines) is 1. The molecule has 0 bridgehead atoms. The van der Waals surface area contributed by atoms with Crippen molar-refractivity contribution < 1.29 is 14.4 Å². The van der Waals surface area contributed by atoms with Gasteiger partial charge in [-0.3, -0.25) is 14.4 Å². The Hall–Kier alpha value is -2.65. The molecule has 7 nitrogen and oxygen atoms in total. The molecule has 2 aliphatic heterocycles. The van der Waals surface area contributed by atoms with E-state index in [2.05, 4.69) is 15.2 Å². The van der Waals surface area contributed by atoms with E-state index in [9.17, 15) is 14.4 Å². The Morgan fingerprint density at radius 3 is 2.56 bits per heavy atom. The van der Waals surface area contributed by atoms with E-state index in [0.717, 1.165) is 31.1 Å². The van der Waals surface area contributed by atoms with E-state index in [1.807, 2.05) is 18.4 Å². The molecule has 3 heterocycles. The molecule has 1 fully saturated rings. The summed E-state index contributed by atoms with van der Waals surface area (Å²) in [5.41, 5.74) is 2.34. The first-order chi connectivity index (χ1) is 15.4. The van der Waals surface area contributed by atoms with Crippen LogP contribution in [0, 0.1) is 6.92 Å². The van der Waals surface area contributed by atoms with Gasteiger partial charge in [-0.1, -0.05) is 11.8 Å². The van der Waals surface area contributed by atoms with Gasteiger partial charge in [0.2, 0.25) is 5.91 Å². The maximum atomic E-state index is 12.7. The minimum atomic E-state index is -0.471. The molecule has 3 amide bonds. The number of nitrogens with one attached hydrogen (secondary N) is 1. The predicted molar refractivity (Wildman–Crippen MR) is 129 cm³/mol. The number of benzene rings is 1. The second-order valence-electron chi connectivity index (χ2n) is 8.05. The summed E-state index contributed by atoms with van der Waals surface area (Å²) in [5.74, 6) is -0.551. The van der Waals surface area contributed by atoms with Gasteiger partial charge in [0.05, 0.1) is 6.54 Å². The Morgan fingerprint density at radius 2 is 1.91 bits per heavy atom. The van der Waals surface area contributed by atoms with Crippen LogP contribution in [0.15, 0.2) is 40.7 Å². The zero-order valence-electron chi connectivity index (χ0n) is 18.2. The van der Waals surface area contributed by atoms with Crippen LogP contribution in [0.25, 0.3) is 0 Å². The molecule has 1 aromatic heterocycles. The van der Waals surface area contributed by atoms with Crippen LogP contribution < -0.4 is 5.32 Å². The third kappa shape index (κ3) is 5.21. The first kappa shape index (κ1) is 22.5. The Labute approximate surface area is 195 Å². The number of hydrogen-bond donors (Lipinski definition) is 1. The standard InChI is InChI=1S/C23H26N4O3S2/c1-15-9-12-31-19(15)14-26(2)22(30)16-5-7-17(8-6-16)24-20(28)13-18-21(29)25-23(32-18)27-10-3-4-11-27/h5-9,12,18H,3-4,10-11,13-14H2,1-2H3,(H,24,28). The molecule has 1 N–H and O–H groups in total. The number of amides is 3. The van der Waals surface area contributed by atoms with E-state index >= 15 is 0 Å². The predicted octanol–water partition coefficient (Wildman–Crippen LogP) is 3.75. The Kier molecular flexibility index (Phi) is 6.95. The number of aryl methyl sites for hydroxylation is 1. The molecule has 1 atom stereocenters. The highest BCUT2D eigenvalue weighted by Gasteiger charge is 2.33. The normalized spacial score (nSPS) is 18.1. The molecule has 1 unspecified atom stereocenters. The van der Waals surface area contributed by atoms with Gasteiger partial charge in [0.25, 0.3) is 11.8 Å². The maximum absolute atomic E-state index is 12.7. The summed E-state index contributed by atoms with van der Waals surface area (Å²) in [7, 11) is 1.78. The first-order valence-corrected chi connectivity index (χ1v) is 12.4. The SMILES string of the molecule is Cc1ccsc1CN(C)C(=O)c1ccc(NC(=O)CC2SC(N3CCCC3)=NC2=O)cc1. The van der Waals surface area contributed by atoms with Crippen LogP contribution in [-0.4, -0.2) is 58.1 Å². The zero-order chi connectivity index (χ0) is 22.7. The van der Waals surface area contributed by atoms with Crippen molar-refractivity contribution in [3.8, 4) is 0 Å². The fourth-order valence-electron chi connectivity index (χ4n) is 3.70. The molecule has 168 valence electrons. The van der Waals surface area contributed by atoms with Crippen molar-refractivity contribution in [2.45, 2.75) is 38.0 Å². The van der Waals surface area contributed by atoms with Crippen molar-refractivity contribution >= 4 is 51.7 Å². The molecule has 32 heavy (non-hydrogen) atoms. The molecule has 0 radical (unpaired) electrons.